The van der Waals surface area contributed by atoms with Gasteiger partial charge in [0.1, 0.15) is 5.75 Å². The third-order valence-electron chi connectivity index (χ3n) is 3.30. The quantitative estimate of drug-likeness (QED) is 0.868. The number of pyridine rings is 1. The van der Waals surface area contributed by atoms with E-state index < -0.39 is 0 Å². The first-order valence-electron chi connectivity index (χ1n) is 6.61. The number of hydrogen-bond donors (Lipinski definition) is 1. The zero-order valence-electron chi connectivity index (χ0n) is 11.9. The van der Waals surface area contributed by atoms with Crippen molar-refractivity contribution in [3.63, 3.8) is 0 Å². The lowest BCUT2D eigenvalue weighted by molar-refractivity contribution is -0.0864. The molecule has 5 heteroatoms. The van der Waals surface area contributed by atoms with Crippen molar-refractivity contribution in [2.75, 3.05) is 33.5 Å². The molecule has 1 aromatic rings. The summed E-state index contributed by atoms with van der Waals surface area (Å²) >= 11 is 0. The minimum atomic E-state index is 0.140. The second kappa shape index (κ2) is 6.84. The largest absolute Gasteiger partial charge is 0.496 e. The molecule has 1 fully saturated rings. The number of nitrogens with zero attached hydrogens (tertiary/aromatic N) is 1. The summed E-state index contributed by atoms with van der Waals surface area (Å²) in [5.74, 6) is 0.920. The van der Waals surface area contributed by atoms with Gasteiger partial charge < -0.3 is 19.5 Å². The highest BCUT2D eigenvalue weighted by Gasteiger charge is 2.14. The standard InChI is InChI=1S/C14H22N2O3/c1-10-6-16-13(11(2)14(10)17-3)8-15-7-12-9-18-4-5-19-12/h6,12,15H,4-5,7-9H2,1-3H3. The molecule has 0 radical (unpaired) electrons. The van der Waals surface area contributed by atoms with Crippen molar-refractivity contribution in [1.82, 2.24) is 10.3 Å². The average Bonchev–Trinajstić information content (AvgIpc) is 2.43. The van der Waals surface area contributed by atoms with Crippen LogP contribution in [0.3, 0.4) is 0 Å². The van der Waals surface area contributed by atoms with E-state index in [0.717, 1.165) is 29.1 Å². The molecule has 1 aliphatic heterocycles. The Kier molecular flexibility index (Phi) is 5.13. The van der Waals surface area contributed by atoms with Gasteiger partial charge in [-0.3, -0.25) is 4.98 Å². The van der Waals surface area contributed by atoms with E-state index in [1.165, 1.54) is 0 Å². The molecular formula is C14H22N2O3. The molecule has 1 saturated heterocycles. The van der Waals surface area contributed by atoms with Crippen molar-refractivity contribution < 1.29 is 14.2 Å². The predicted octanol–water partition coefficient (Wildman–Crippen LogP) is 1.21. The third-order valence-corrected chi connectivity index (χ3v) is 3.30. The van der Waals surface area contributed by atoms with E-state index in [4.69, 9.17) is 14.2 Å². The second-order valence-electron chi connectivity index (χ2n) is 4.74. The van der Waals surface area contributed by atoms with Crippen LogP contribution in [0.4, 0.5) is 0 Å². The van der Waals surface area contributed by atoms with Crippen LogP contribution in [0.15, 0.2) is 6.20 Å². The molecule has 106 valence electrons. The Morgan fingerprint density at radius 3 is 2.95 bits per heavy atom. The molecule has 0 aromatic carbocycles. The van der Waals surface area contributed by atoms with Crippen molar-refractivity contribution in [2.24, 2.45) is 0 Å². The van der Waals surface area contributed by atoms with E-state index in [1.807, 2.05) is 20.0 Å². The summed E-state index contributed by atoms with van der Waals surface area (Å²) in [6, 6.07) is 0. The summed E-state index contributed by atoms with van der Waals surface area (Å²) in [4.78, 5) is 4.45. The Morgan fingerprint density at radius 2 is 2.26 bits per heavy atom. The summed E-state index contributed by atoms with van der Waals surface area (Å²) in [6.07, 6.45) is 1.99. The van der Waals surface area contributed by atoms with Crippen molar-refractivity contribution in [1.29, 1.82) is 0 Å². The minimum absolute atomic E-state index is 0.140. The molecular weight excluding hydrogens is 244 g/mol. The van der Waals surface area contributed by atoms with E-state index in [0.29, 0.717) is 26.4 Å². The maximum absolute atomic E-state index is 5.58. The molecule has 19 heavy (non-hydrogen) atoms. The van der Waals surface area contributed by atoms with Gasteiger partial charge in [0.05, 0.1) is 38.7 Å². The Hall–Kier alpha value is -1.17. The highest BCUT2D eigenvalue weighted by atomic mass is 16.6. The number of methoxy groups -OCH3 is 1. The maximum Gasteiger partial charge on any atom is 0.128 e. The van der Waals surface area contributed by atoms with Gasteiger partial charge in [-0.15, -0.1) is 0 Å². The van der Waals surface area contributed by atoms with Crippen LogP contribution in [0.5, 0.6) is 5.75 Å². The zero-order valence-corrected chi connectivity index (χ0v) is 11.9. The summed E-state index contributed by atoms with van der Waals surface area (Å²) in [6.45, 7) is 7.57. The van der Waals surface area contributed by atoms with Crippen molar-refractivity contribution in [3.8, 4) is 5.75 Å². The molecule has 0 aliphatic carbocycles. The van der Waals surface area contributed by atoms with E-state index in [2.05, 4.69) is 10.3 Å². The van der Waals surface area contributed by atoms with Crippen LogP contribution < -0.4 is 10.1 Å². The predicted molar refractivity (Wildman–Crippen MR) is 72.5 cm³/mol. The highest BCUT2D eigenvalue weighted by Crippen LogP contribution is 2.23. The third kappa shape index (κ3) is 3.65. The van der Waals surface area contributed by atoms with Gasteiger partial charge in [-0.2, -0.15) is 0 Å². The lowest BCUT2D eigenvalue weighted by atomic mass is 10.1. The molecule has 1 N–H and O–H groups in total. The van der Waals surface area contributed by atoms with E-state index in [1.54, 1.807) is 7.11 Å². The van der Waals surface area contributed by atoms with Crippen molar-refractivity contribution >= 4 is 0 Å². The highest BCUT2D eigenvalue weighted by molar-refractivity contribution is 5.40. The fourth-order valence-electron chi connectivity index (χ4n) is 2.26. The fraction of sp³-hybridized carbons (Fsp3) is 0.643. The summed E-state index contributed by atoms with van der Waals surface area (Å²) in [5.41, 5.74) is 3.17. The van der Waals surface area contributed by atoms with Gasteiger partial charge in [0.15, 0.2) is 0 Å². The van der Waals surface area contributed by atoms with Gasteiger partial charge in [0.25, 0.3) is 0 Å². The maximum atomic E-state index is 5.58. The summed E-state index contributed by atoms with van der Waals surface area (Å²) in [5, 5.41) is 3.36. The van der Waals surface area contributed by atoms with Crippen LogP contribution >= 0.6 is 0 Å². The minimum Gasteiger partial charge on any atom is -0.496 e. The molecule has 0 spiro atoms. The van der Waals surface area contributed by atoms with Gasteiger partial charge in [-0.25, -0.2) is 0 Å². The van der Waals surface area contributed by atoms with E-state index in [9.17, 15) is 0 Å². The number of nitrogens with one attached hydrogen (secondary N) is 1. The van der Waals surface area contributed by atoms with Crippen LogP contribution in [-0.4, -0.2) is 44.6 Å². The van der Waals surface area contributed by atoms with Gasteiger partial charge in [-0.1, -0.05) is 0 Å². The Labute approximate surface area is 114 Å². The molecule has 0 bridgehead atoms. The van der Waals surface area contributed by atoms with Gasteiger partial charge in [-0.05, 0) is 13.8 Å². The molecule has 2 heterocycles. The SMILES string of the molecule is COc1c(C)cnc(CNCC2COCCO2)c1C. The van der Waals surface area contributed by atoms with Crippen LogP contribution in [0, 0.1) is 13.8 Å². The lowest BCUT2D eigenvalue weighted by Crippen LogP contribution is -2.37. The number of ether oxygens (including phenoxy) is 3. The number of hydrogen-bond acceptors (Lipinski definition) is 5. The lowest BCUT2D eigenvalue weighted by Gasteiger charge is -2.23. The van der Waals surface area contributed by atoms with Crippen LogP contribution in [0.2, 0.25) is 0 Å². The van der Waals surface area contributed by atoms with Gasteiger partial charge in [0.2, 0.25) is 0 Å². The van der Waals surface area contributed by atoms with E-state index in [-0.39, 0.29) is 6.10 Å². The normalized spacial score (nSPS) is 19.4. The van der Waals surface area contributed by atoms with Crippen LogP contribution in [-0.2, 0) is 16.0 Å². The molecule has 0 saturated carbocycles. The molecule has 1 atom stereocenters. The Morgan fingerprint density at radius 1 is 1.42 bits per heavy atom. The van der Waals surface area contributed by atoms with Crippen molar-refractivity contribution in [2.45, 2.75) is 26.5 Å². The van der Waals surface area contributed by atoms with Gasteiger partial charge >= 0.3 is 0 Å². The zero-order chi connectivity index (χ0) is 13.7. The summed E-state index contributed by atoms with van der Waals surface area (Å²) < 4.78 is 16.3. The van der Waals surface area contributed by atoms with Crippen molar-refractivity contribution in [3.05, 3.63) is 23.0 Å². The smallest absolute Gasteiger partial charge is 0.128 e. The molecule has 1 unspecified atom stereocenters. The van der Waals surface area contributed by atoms with E-state index >= 15 is 0 Å². The molecule has 0 amide bonds. The molecule has 5 nitrogen and oxygen atoms in total. The molecule has 1 aromatic heterocycles. The second-order valence-corrected chi connectivity index (χ2v) is 4.74. The molecule has 2 rings (SSSR count). The Bertz CT molecular complexity index is 417. The monoisotopic (exact) mass is 266 g/mol. The number of aryl methyl sites for hydroxylation is 1. The average molecular weight is 266 g/mol. The number of aromatic nitrogens is 1. The first-order valence-corrected chi connectivity index (χ1v) is 6.61. The first kappa shape index (κ1) is 14.2. The Balaban J connectivity index is 1.88. The molecule has 1 aliphatic rings. The first-order chi connectivity index (χ1) is 9.22. The van der Waals surface area contributed by atoms with Crippen LogP contribution in [0.25, 0.3) is 0 Å². The topological polar surface area (TPSA) is 52.6 Å². The number of rotatable bonds is 5. The summed E-state index contributed by atoms with van der Waals surface area (Å²) in [7, 11) is 1.69. The van der Waals surface area contributed by atoms with Gasteiger partial charge in [0, 0.05) is 30.4 Å². The fourth-order valence-corrected chi connectivity index (χ4v) is 2.26. The van der Waals surface area contributed by atoms with Crippen LogP contribution in [0.1, 0.15) is 16.8 Å².